The van der Waals surface area contributed by atoms with Gasteiger partial charge in [0, 0.05) is 31.9 Å². The van der Waals surface area contributed by atoms with Crippen molar-refractivity contribution >= 4 is 15.9 Å². The molecule has 6 nitrogen and oxygen atoms in total. The van der Waals surface area contributed by atoms with Gasteiger partial charge in [0.05, 0.1) is 5.75 Å². The summed E-state index contributed by atoms with van der Waals surface area (Å²) in [5.74, 6) is 0.00296. The molecule has 0 aliphatic carbocycles. The van der Waals surface area contributed by atoms with Gasteiger partial charge in [0.2, 0.25) is 0 Å². The van der Waals surface area contributed by atoms with E-state index in [9.17, 15) is 13.2 Å². The number of sulfone groups is 1. The van der Waals surface area contributed by atoms with Crippen molar-refractivity contribution in [1.82, 2.24) is 15.1 Å². The van der Waals surface area contributed by atoms with Crippen molar-refractivity contribution in [2.24, 2.45) is 0 Å². The molecular formula is C14H27N3O3S. The highest BCUT2D eigenvalue weighted by Gasteiger charge is 2.26. The molecule has 21 heavy (non-hydrogen) atoms. The number of carbonyl (C=O) groups excluding carboxylic acids is 1. The number of hydrogen-bond acceptors (Lipinski definition) is 4. The quantitative estimate of drug-likeness (QED) is 0.828. The smallest absolute Gasteiger partial charge is 0.317 e. The van der Waals surface area contributed by atoms with Gasteiger partial charge >= 0.3 is 6.03 Å². The Kier molecular flexibility index (Phi) is 5.87. The third-order valence-corrected chi connectivity index (χ3v) is 5.34. The maximum atomic E-state index is 12.1. The van der Waals surface area contributed by atoms with E-state index in [-0.39, 0.29) is 18.3 Å². The van der Waals surface area contributed by atoms with Crippen LogP contribution < -0.4 is 5.32 Å². The average Bonchev–Trinajstić information content (AvgIpc) is 2.81. The van der Waals surface area contributed by atoms with Gasteiger partial charge in [0.1, 0.15) is 9.84 Å². The molecule has 2 saturated heterocycles. The van der Waals surface area contributed by atoms with E-state index in [1.807, 2.05) is 4.90 Å². The summed E-state index contributed by atoms with van der Waals surface area (Å²) in [7, 11) is -3.02. The van der Waals surface area contributed by atoms with Crippen molar-refractivity contribution in [3.63, 3.8) is 0 Å². The molecule has 2 amide bonds. The van der Waals surface area contributed by atoms with Gasteiger partial charge < -0.3 is 15.1 Å². The third-order valence-electron chi connectivity index (χ3n) is 4.39. The number of nitrogens with one attached hydrogen (secondary N) is 1. The summed E-state index contributed by atoms with van der Waals surface area (Å²) < 4.78 is 22.1. The molecule has 1 N–H and O–H groups in total. The van der Waals surface area contributed by atoms with Gasteiger partial charge in [-0.2, -0.15) is 0 Å². The first-order chi connectivity index (χ1) is 9.96. The van der Waals surface area contributed by atoms with E-state index < -0.39 is 9.84 Å². The number of carbonyl (C=O) groups is 1. The highest BCUT2D eigenvalue weighted by atomic mass is 32.2. The van der Waals surface area contributed by atoms with E-state index in [0.717, 1.165) is 32.4 Å². The summed E-state index contributed by atoms with van der Waals surface area (Å²) in [5, 5.41) is 2.72. The summed E-state index contributed by atoms with van der Waals surface area (Å²) in [6, 6.07) is 0.488. The monoisotopic (exact) mass is 317 g/mol. The molecule has 0 aromatic rings. The van der Waals surface area contributed by atoms with Crippen LogP contribution in [0.4, 0.5) is 4.79 Å². The fourth-order valence-corrected chi connectivity index (χ4v) is 3.68. The standard InChI is InChI=1S/C14H27N3O3S/c1-21(19,20)12-7-15-14(18)17-10-4-5-13(6-11-17)16-8-2-3-9-16/h13H,2-12H2,1H3,(H,15,18). The number of urea groups is 1. The van der Waals surface area contributed by atoms with Crippen LogP contribution in [0, 0.1) is 0 Å². The second kappa shape index (κ2) is 7.45. The normalized spacial score (nSPS) is 24.8. The highest BCUT2D eigenvalue weighted by Crippen LogP contribution is 2.21. The predicted octanol–water partition coefficient (Wildman–Crippen LogP) is 0.691. The van der Waals surface area contributed by atoms with Gasteiger partial charge in [-0.25, -0.2) is 13.2 Å². The van der Waals surface area contributed by atoms with Crippen LogP contribution in [0.25, 0.3) is 0 Å². The van der Waals surface area contributed by atoms with Crippen LogP contribution in [-0.2, 0) is 9.84 Å². The largest absolute Gasteiger partial charge is 0.337 e. The van der Waals surface area contributed by atoms with Crippen LogP contribution in [0.15, 0.2) is 0 Å². The van der Waals surface area contributed by atoms with E-state index in [1.54, 1.807) is 0 Å². The Bertz CT molecular complexity index is 446. The Labute approximate surface area is 127 Å². The molecule has 0 radical (unpaired) electrons. The Morgan fingerprint density at radius 2 is 1.81 bits per heavy atom. The molecular weight excluding hydrogens is 290 g/mol. The van der Waals surface area contributed by atoms with E-state index in [1.165, 1.54) is 32.2 Å². The maximum Gasteiger partial charge on any atom is 0.317 e. The zero-order chi connectivity index (χ0) is 15.3. The number of rotatable bonds is 4. The zero-order valence-corrected chi connectivity index (χ0v) is 13.7. The molecule has 2 fully saturated rings. The highest BCUT2D eigenvalue weighted by molar-refractivity contribution is 7.90. The van der Waals surface area contributed by atoms with Crippen LogP contribution in [0.3, 0.4) is 0 Å². The molecule has 0 aromatic carbocycles. The lowest BCUT2D eigenvalue weighted by molar-refractivity contribution is 0.194. The summed E-state index contributed by atoms with van der Waals surface area (Å²) in [6.07, 6.45) is 7.00. The third kappa shape index (κ3) is 5.47. The minimum atomic E-state index is -3.02. The van der Waals surface area contributed by atoms with Gasteiger partial charge in [-0.3, -0.25) is 0 Å². The van der Waals surface area contributed by atoms with Crippen molar-refractivity contribution in [3.8, 4) is 0 Å². The summed E-state index contributed by atoms with van der Waals surface area (Å²) in [5.41, 5.74) is 0. The van der Waals surface area contributed by atoms with Crippen LogP contribution in [0.2, 0.25) is 0 Å². The van der Waals surface area contributed by atoms with Crippen LogP contribution in [0.5, 0.6) is 0 Å². The van der Waals surface area contributed by atoms with Crippen molar-refractivity contribution in [2.45, 2.75) is 38.1 Å². The minimum absolute atomic E-state index is 0.00296. The number of likely N-dealkylation sites (tertiary alicyclic amines) is 2. The molecule has 2 heterocycles. The number of nitrogens with zero attached hydrogens (tertiary/aromatic N) is 2. The van der Waals surface area contributed by atoms with Crippen molar-refractivity contribution < 1.29 is 13.2 Å². The first-order valence-electron chi connectivity index (χ1n) is 7.90. The zero-order valence-electron chi connectivity index (χ0n) is 12.9. The Balaban J connectivity index is 1.75. The summed E-state index contributed by atoms with van der Waals surface area (Å²) >= 11 is 0. The van der Waals surface area contributed by atoms with Gasteiger partial charge in [0.15, 0.2) is 0 Å². The summed E-state index contributed by atoms with van der Waals surface area (Å²) in [4.78, 5) is 16.5. The molecule has 2 aliphatic heterocycles. The lowest BCUT2D eigenvalue weighted by atomic mass is 10.1. The van der Waals surface area contributed by atoms with E-state index in [0.29, 0.717) is 6.04 Å². The maximum absolute atomic E-state index is 12.1. The first-order valence-corrected chi connectivity index (χ1v) is 9.96. The van der Waals surface area contributed by atoms with Crippen LogP contribution >= 0.6 is 0 Å². The van der Waals surface area contributed by atoms with Gasteiger partial charge in [0.25, 0.3) is 0 Å². The average molecular weight is 317 g/mol. The SMILES string of the molecule is CS(=O)(=O)CCNC(=O)N1CCCC(N2CCCC2)CC1. The lowest BCUT2D eigenvalue weighted by Crippen LogP contribution is -2.42. The first kappa shape index (κ1) is 16.5. The Morgan fingerprint density at radius 1 is 1.10 bits per heavy atom. The molecule has 1 atom stereocenters. The van der Waals surface area contributed by atoms with Gasteiger partial charge in [-0.1, -0.05) is 0 Å². The van der Waals surface area contributed by atoms with Gasteiger partial charge in [-0.05, 0) is 45.2 Å². The molecule has 0 bridgehead atoms. The number of amides is 2. The molecule has 1 unspecified atom stereocenters. The fraction of sp³-hybridized carbons (Fsp3) is 0.929. The summed E-state index contributed by atoms with van der Waals surface area (Å²) in [6.45, 7) is 4.14. The molecule has 2 rings (SSSR count). The van der Waals surface area contributed by atoms with Crippen LogP contribution in [-0.4, -0.2) is 75.0 Å². The second-order valence-corrected chi connectivity index (χ2v) is 8.44. The molecule has 122 valence electrons. The lowest BCUT2D eigenvalue weighted by Gasteiger charge is -2.26. The molecule has 0 saturated carbocycles. The molecule has 2 aliphatic rings. The molecule has 0 spiro atoms. The van der Waals surface area contributed by atoms with Crippen LogP contribution in [0.1, 0.15) is 32.1 Å². The minimum Gasteiger partial charge on any atom is -0.337 e. The fourth-order valence-electron chi connectivity index (χ4n) is 3.21. The van der Waals surface area contributed by atoms with E-state index in [2.05, 4.69) is 10.2 Å². The van der Waals surface area contributed by atoms with Crippen molar-refractivity contribution in [1.29, 1.82) is 0 Å². The van der Waals surface area contributed by atoms with E-state index >= 15 is 0 Å². The van der Waals surface area contributed by atoms with E-state index in [4.69, 9.17) is 0 Å². The Hall–Kier alpha value is -0.820. The molecule has 0 aromatic heterocycles. The van der Waals surface area contributed by atoms with Crippen molar-refractivity contribution in [3.05, 3.63) is 0 Å². The Morgan fingerprint density at radius 3 is 2.48 bits per heavy atom. The number of hydrogen-bond donors (Lipinski definition) is 1. The van der Waals surface area contributed by atoms with Crippen molar-refractivity contribution in [2.75, 3.05) is 44.7 Å². The topological polar surface area (TPSA) is 69.7 Å². The van der Waals surface area contributed by atoms with Gasteiger partial charge in [-0.15, -0.1) is 0 Å². The molecule has 7 heteroatoms. The predicted molar refractivity (Wildman–Crippen MR) is 83.1 cm³/mol. The second-order valence-electron chi connectivity index (χ2n) is 6.18.